The van der Waals surface area contributed by atoms with Gasteiger partial charge in [0.2, 0.25) is 0 Å². The molecule has 1 aromatic heterocycles. The molecule has 1 saturated heterocycles. The second-order valence-electron chi connectivity index (χ2n) is 3.05. The van der Waals surface area contributed by atoms with Crippen molar-refractivity contribution in [3.8, 4) is 0 Å². The molecule has 6 heteroatoms. The van der Waals surface area contributed by atoms with Gasteiger partial charge in [0.25, 0.3) is 0 Å². The predicted octanol–water partition coefficient (Wildman–Crippen LogP) is 2.12. The van der Waals surface area contributed by atoms with Gasteiger partial charge < -0.3 is 10.6 Å². The van der Waals surface area contributed by atoms with Gasteiger partial charge in [0.1, 0.15) is 5.82 Å². The fourth-order valence-corrected chi connectivity index (χ4v) is 1.44. The molecule has 0 spiro atoms. The highest BCUT2D eigenvalue weighted by molar-refractivity contribution is 5.86. The molecule has 2 N–H and O–H groups in total. The molecule has 3 nitrogen and oxygen atoms in total. The Morgan fingerprint density at radius 3 is 2.60 bits per heavy atom. The summed E-state index contributed by atoms with van der Waals surface area (Å²) in [5.74, 6) is 0.978. The number of rotatable bonds is 2. The van der Waals surface area contributed by atoms with E-state index in [1.165, 1.54) is 6.42 Å². The van der Waals surface area contributed by atoms with Crippen LogP contribution in [-0.4, -0.2) is 24.1 Å². The third-order valence-corrected chi connectivity index (χ3v) is 2.08. The summed E-state index contributed by atoms with van der Waals surface area (Å²) in [5.41, 5.74) is 0. The van der Waals surface area contributed by atoms with Gasteiger partial charge in [-0.15, -0.1) is 37.2 Å². The van der Waals surface area contributed by atoms with E-state index in [0.29, 0.717) is 6.04 Å². The van der Waals surface area contributed by atoms with Crippen molar-refractivity contribution in [3.63, 3.8) is 0 Å². The molecule has 0 saturated carbocycles. The van der Waals surface area contributed by atoms with E-state index in [-0.39, 0.29) is 37.2 Å². The second-order valence-corrected chi connectivity index (χ2v) is 3.05. The van der Waals surface area contributed by atoms with Crippen molar-refractivity contribution in [2.24, 2.45) is 0 Å². The Labute approximate surface area is 109 Å². The predicted molar refractivity (Wildman–Crippen MR) is 70.9 cm³/mol. The molecule has 0 radical (unpaired) electrons. The molecule has 1 fully saturated rings. The van der Waals surface area contributed by atoms with E-state index in [0.717, 1.165) is 18.9 Å². The molecule has 1 aromatic rings. The maximum atomic E-state index is 4.20. The lowest BCUT2D eigenvalue weighted by Gasteiger charge is -2.10. The van der Waals surface area contributed by atoms with Gasteiger partial charge in [0, 0.05) is 18.8 Å². The zero-order chi connectivity index (χ0) is 8.23. The fourth-order valence-electron chi connectivity index (χ4n) is 1.44. The number of nitrogens with one attached hydrogen (secondary N) is 2. The van der Waals surface area contributed by atoms with E-state index in [1.807, 2.05) is 24.4 Å². The van der Waals surface area contributed by atoms with E-state index in [4.69, 9.17) is 0 Å². The summed E-state index contributed by atoms with van der Waals surface area (Å²) in [6.45, 7) is 2.17. The number of hydrogen-bond acceptors (Lipinski definition) is 3. The Morgan fingerprint density at radius 1 is 1.27 bits per heavy atom. The van der Waals surface area contributed by atoms with Gasteiger partial charge in [-0.3, -0.25) is 0 Å². The number of halogens is 3. The van der Waals surface area contributed by atoms with Crippen LogP contribution in [-0.2, 0) is 0 Å². The number of hydrogen-bond donors (Lipinski definition) is 2. The summed E-state index contributed by atoms with van der Waals surface area (Å²) in [7, 11) is 0. The Hall–Kier alpha value is -0.220. The van der Waals surface area contributed by atoms with Crippen molar-refractivity contribution in [3.05, 3.63) is 24.4 Å². The van der Waals surface area contributed by atoms with Crippen LogP contribution in [0.2, 0.25) is 0 Å². The summed E-state index contributed by atoms with van der Waals surface area (Å²) >= 11 is 0. The van der Waals surface area contributed by atoms with Crippen LogP contribution in [0.3, 0.4) is 0 Å². The first-order valence-corrected chi connectivity index (χ1v) is 4.33. The molecular weight excluding hydrogens is 256 g/mol. The molecule has 1 atom stereocenters. The minimum absolute atomic E-state index is 0. The molecular formula is C9H16Cl3N3. The maximum absolute atomic E-state index is 4.20. The Kier molecular flexibility index (Phi) is 10.4. The van der Waals surface area contributed by atoms with E-state index in [2.05, 4.69) is 15.6 Å². The molecule has 0 bridgehead atoms. The topological polar surface area (TPSA) is 37.0 Å². The highest BCUT2D eigenvalue weighted by Crippen LogP contribution is 2.06. The quantitative estimate of drug-likeness (QED) is 0.866. The van der Waals surface area contributed by atoms with Gasteiger partial charge in [-0.05, 0) is 25.1 Å². The largest absolute Gasteiger partial charge is 0.366 e. The summed E-state index contributed by atoms with van der Waals surface area (Å²) in [6.07, 6.45) is 3.00. The van der Waals surface area contributed by atoms with Crippen LogP contribution < -0.4 is 10.6 Å². The van der Waals surface area contributed by atoms with Gasteiger partial charge in [-0.1, -0.05) is 6.07 Å². The van der Waals surface area contributed by atoms with Gasteiger partial charge in [0.15, 0.2) is 0 Å². The van der Waals surface area contributed by atoms with Crippen molar-refractivity contribution >= 4 is 43.0 Å². The molecule has 2 heterocycles. The molecule has 0 amide bonds. The van der Waals surface area contributed by atoms with Crippen molar-refractivity contribution < 1.29 is 0 Å². The molecule has 15 heavy (non-hydrogen) atoms. The Morgan fingerprint density at radius 2 is 2.07 bits per heavy atom. The van der Waals surface area contributed by atoms with Crippen LogP contribution in [0.25, 0.3) is 0 Å². The van der Waals surface area contributed by atoms with Gasteiger partial charge in [-0.25, -0.2) is 4.98 Å². The van der Waals surface area contributed by atoms with E-state index < -0.39 is 0 Å². The van der Waals surface area contributed by atoms with Crippen LogP contribution in [0.5, 0.6) is 0 Å². The van der Waals surface area contributed by atoms with Crippen molar-refractivity contribution in [1.29, 1.82) is 0 Å². The van der Waals surface area contributed by atoms with E-state index in [1.54, 1.807) is 0 Å². The first-order chi connectivity index (χ1) is 5.95. The number of nitrogens with zero attached hydrogens (tertiary/aromatic N) is 1. The van der Waals surface area contributed by atoms with E-state index in [9.17, 15) is 0 Å². The number of anilines is 1. The van der Waals surface area contributed by atoms with Crippen molar-refractivity contribution in [2.45, 2.75) is 12.5 Å². The normalized spacial score (nSPS) is 18.0. The molecule has 1 unspecified atom stereocenters. The molecule has 2 rings (SSSR count). The summed E-state index contributed by atoms with van der Waals surface area (Å²) in [4.78, 5) is 4.20. The number of pyridine rings is 1. The van der Waals surface area contributed by atoms with Crippen LogP contribution in [0.4, 0.5) is 5.82 Å². The van der Waals surface area contributed by atoms with Gasteiger partial charge in [0.05, 0.1) is 0 Å². The lowest BCUT2D eigenvalue weighted by molar-refractivity contribution is 0.788. The monoisotopic (exact) mass is 271 g/mol. The van der Waals surface area contributed by atoms with Crippen LogP contribution in [0.15, 0.2) is 24.4 Å². The van der Waals surface area contributed by atoms with Gasteiger partial charge in [-0.2, -0.15) is 0 Å². The first kappa shape index (κ1) is 17.2. The zero-order valence-corrected chi connectivity index (χ0v) is 10.6. The molecule has 1 aliphatic rings. The van der Waals surface area contributed by atoms with Gasteiger partial charge >= 0.3 is 0 Å². The van der Waals surface area contributed by atoms with Crippen LogP contribution >= 0.6 is 37.2 Å². The highest BCUT2D eigenvalue weighted by Gasteiger charge is 2.13. The summed E-state index contributed by atoms with van der Waals surface area (Å²) in [5, 5.41) is 6.67. The first-order valence-electron chi connectivity index (χ1n) is 4.33. The fraction of sp³-hybridized carbons (Fsp3) is 0.444. The van der Waals surface area contributed by atoms with E-state index >= 15 is 0 Å². The molecule has 1 aliphatic heterocycles. The smallest absolute Gasteiger partial charge is 0.126 e. The lowest BCUT2D eigenvalue weighted by atomic mass is 10.2. The molecule has 0 aromatic carbocycles. The third-order valence-electron chi connectivity index (χ3n) is 2.08. The minimum Gasteiger partial charge on any atom is -0.366 e. The summed E-state index contributed by atoms with van der Waals surface area (Å²) in [6, 6.07) is 6.48. The standard InChI is InChI=1S/C9H13N3.3ClH/c1-2-5-11-9(3-1)12-8-4-6-10-7-8;;;/h1-3,5,8,10H,4,6-7H2,(H,11,12);3*1H. The second kappa shape index (κ2) is 9.04. The van der Waals surface area contributed by atoms with Crippen molar-refractivity contribution in [2.75, 3.05) is 18.4 Å². The van der Waals surface area contributed by atoms with Crippen molar-refractivity contribution in [1.82, 2.24) is 10.3 Å². The molecule has 88 valence electrons. The maximum Gasteiger partial charge on any atom is 0.126 e. The zero-order valence-electron chi connectivity index (χ0n) is 8.18. The lowest BCUT2D eigenvalue weighted by Crippen LogP contribution is -2.22. The Balaban J connectivity index is 0. The SMILES string of the molecule is Cl.Cl.Cl.c1ccc(NC2CCNC2)nc1. The third kappa shape index (κ3) is 5.42. The summed E-state index contributed by atoms with van der Waals surface area (Å²) < 4.78 is 0. The number of aromatic nitrogens is 1. The molecule has 0 aliphatic carbocycles. The minimum atomic E-state index is 0. The highest BCUT2D eigenvalue weighted by atomic mass is 35.5. The van der Waals surface area contributed by atoms with Crippen LogP contribution in [0.1, 0.15) is 6.42 Å². The Bertz CT molecular complexity index is 240. The van der Waals surface area contributed by atoms with Crippen LogP contribution in [0, 0.1) is 0 Å². The average molecular weight is 273 g/mol. The average Bonchev–Trinajstić information content (AvgIpc) is 2.59.